The third-order valence-electron chi connectivity index (χ3n) is 1.80. The average Bonchev–Trinajstić information content (AvgIpc) is 2.08. The molecule has 0 unspecified atom stereocenters. The highest BCUT2D eigenvalue weighted by molar-refractivity contribution is 6.88. The second kappa shape index (κ2) is 5.02. The average molecular weight is 163 g/mol. The van der Waals surface area contributed by atoms with Gasteiger partial charge in [0.05, 0.1) is 0 Å². The summed E-state index contributed by atoms with van der Waals surface area (Å²) in [6.45, 7) is 10.9. The third-order valence-corrected chi connectivity index (χ3v) is 1.80. The Labute approximate surface area is 76.9 Å². The summed E-state index contributed by atoms with van der Waals surface area (Å²) in [6.07, 6.45) is -0.304. The van der Waals surface area contributed by atoms with E-state index in [1.54, 1.807) is 0 Å². The van der Waals surface area contributed by atoms with Gasteiger partial charge in [-0.05, 0) is 0 Å². The third kappa shape index (κ3) is 3.61. The van der Waals surface area contributed by atoms with E-state index in [4.69, 9.17) is 0 Å². The first-order chi connectivity index (χ1) is 5.61. The van der Waals surface area contributed by atoms with Gasteiger partial charge in [0.1, 0.15) is 0 Å². The maximum Gasteiger partial charge on any atom is 0.0187 e. The van der Waals surface area contributed by atoms with Gasteiger partial charge in [-0.25, -0.2) is 5.46 Å². The summed E-state index contributed by atoms with van der Waals surface area (Å²) < 4.78 is 0. The zero-order valence-corrected chi connectivity index (χ0v) is 8.96. The summed E-state index contributed by atoms with van der Waals surface area (Å²) in [5.74, 6) is 0. The van der Waals surface area contributed by atoms with Gasteiger partial charge in [-0.1, -0.05) is 44.2 Å². The predicted molar refractivity (Wildman–Crippen MR) is 60.8 cm³/mol. The van der Waals surface area contributed by atoms with Gasteiger partial charge in [0, 0.05) is 6.15 Å². The normalized spacial score (nSPS) is 10.1. The van der Waals surface area contributed by atoms with Gasteiger partial charge >= 0.3 is 0 Å². The van der Waals surface area contributed by atoms with Crippen molar-refractivity contribution in [3.8, 4) is 0 Å². The quantitative estimate of drug-likeness (QED) is 0.557. The highest BCUT2D eigenvalue weighted by Crippen LogP contribution is 2.00. The van der Waals surface area contributed by atoms with E-state index >= 15 is 0 Å². The Morgan fingerprint density at radius 1 is 0.833 bits per heavy atom. The molecule has 1 rings (SSSR count). The largest absolute Gasteiger partial charge is 0.211 e. The molecule has 0 aliphatic carbocycles. The van der Waals surface area contributed by atoms with Gasteiger partial charge in [0.15, 0.2) is 0 Å². The molecule has 0 aromatic heterocycles. The highest BCUT2D eigenvalue weighted by atomic mass is 13.8. The minimum atomic E-state index is -0.304. The molecule has 1 aromatic rings. The summed E-state index contributed by atoms with van der Waals surface area (Å²) >= 11 is 0. The molecule has 68 valence electrons. The van der Waals surface area contributed by atoms with E-state index in [1.165, 1.54) is 5.46 Å². The molecule has 0 bridgehead atoms. The Morgan fingerprint density at radius 2 is 1.25 bits per heavy atom. The molecule has 1 aromatic carbocycles. The standard InChI is InChI=1S/C9H14B.C2H6/c1-10(2,3)9-7-5-4-6-8-9;1-2/h4-8H,1-3H3;1-2H3/q-1;. The molecule has 0 fully saturated rings. The smallest absolute Gasteiger partial charge is 0.0187 e. The number of hydrogen-bond acceptors (Lipinski definition) is 0. The van der Waals surface area contributed by atoms with Crippen LogP contribution >= 0.6 is 0 Å². The number of benzene rings is 1. The molecule has 0 saturated carbocycles. The van der Waals surface area contributed by atoms with Crippen molar-refractivity contribution in [2.45, 2.75) is 34.3 Å². The number of rotatable bonds is 1. The first-order valence-corrected chi connectivity index (χ1v) is 4.93. The lowest BCUT2D eigenvalue weighted by molar-refractivity contribution is 1.50. The van der Waals surface area contributed by atoms with Crippen LogP contribution < -0.4 is 5.46 Å². The Balaban J connectivity index is 0.000000561. The second-order valence-electron chi connectivity index (χ2n) is 4.01. The van der Waals surface area contributed by atoms with Gasteiger partial charge < -0.3 is 0 Å². The molecule has 0 amide bonds. The summed E-state index contributed by atoms with van der Waals surface area (Å²) in [5, 5.41) is 0. The van der Waals surface area contributed by atoms with Crippen LogP contribution in [-0.4, -0.2) is 6.15 Å². The highest BCUT2D eigenvalue weighted by Gasteiger charge is 2.05. The summed E-state index contributed by atoms with van der Waals surface area (Å²) in [4.78, 5) is 0. The number of hydrogen-bond donors (Lipinski definition) is 0. The summed E-state index contributed by atoms with van der Waals surface area (Å²) in [5.41, 5.74) is 1.46. The lowest BCUT2D eigenvalue weighted by atomic mass is 9.27. The van der Waals surface area contributed by atoms with Crippen LogP contribution in [0.4, 0.5) is 0 Å². The van der Waals surface area contributed by atoms with Gasteiger partial charge in [0.25, 0.3) is 0 Å². The maximum atomic E-state index is 2.29. The zero-order chi connectivity index (χ0) is 9.61. The fourth-order valence-corrected chi connectivity index (χ4v) is 1.03. The molecule has 0 aliphatic heterocycles. The first kappa shape index (κ1) is 11.3. The summed E-state index contributed by atoms with van der Waals surface area (Å²) in [7, 11) is 0. The monoisotopic (exact) mass is 163 g/mol. The van der Waals surface area contributed by atoms with Gasteiger partial charge in [0.2, 0.25) is 0 Å². The Morgan fingerprint density at radius 3 is 1.50 bits per heavy atom. The van der Waals surface area contributed by atoms with Crippen LogP contribution in [0.25, 0.3) is 0 Å². The lowest BCUT2D eigenvalue weighted by Crippen LogP contribution is -2.37. The van der Waals surface area contributed by atoms with Crippen LogP contribution in [0.2, 0.25) is 20.5 Å². The molecule has 0 N–H and O–H groups in total. The minimum absolute atomic E-state index is 0.304. The topological polar surface area (TPSA) is 0 Å². The Bertz CT molecular complexity index is 196. The zero-order valence-electron chi connectivity index (χ0n) is 8.96. The van der Waals surface area contributed by atoms with Gasteiger partial charge in [-0.2, -0.15) is 20.5 Å². The molecule has 0 atom stereocenters. The Hall–Kier alpha value is -0.715. The molecule has 0 spiro atoms. The molecule has 0 saturated heterocycles. The predicted octanol–water partition coefficient (Wildman–Crippen LogP) is 3.26. The van der Waals surface area contributed by atoms with Crippen LogP contribution in [0.1, 0.15) is 13.8 Å². The van der Waals surface area contributed by atoms with Crippen molar-refractivity contribution in [2.75, 3.05) is 0 Å². The van der Waals surface area contributed by atoms with Gasteiger partial charge in [-0.15, -0.1) is 0 Å². The van der Waals surface area contributed by atoms with Crippen LogP contribution in [-0.2, 0) is 0 Å². The van der Waals surface area contributed by atoms with Crippen molar-refractivity contribution in [3.63, 3.8) is 0 Å². The van der Waals surface area contributed by atoms with Crippen LogP contribution in [0.15, 0.2) is 30.3 Å². The Kier molecular flexibility index (Phi) is 4.72. The van der Waals surface area contributed by atoms with E-state index in [-0.39, 0.29) is 6.15 Å². The first-order valence-electron chi connectivity index (χ1n) is 4.93. The SMILES string of the molecule is CC.C[B-](C)(C)c1ccccc1. The molecule has 0 nitrogen and oxygen atoms in total. The van der Waals surface area contributed by atoms with Crippen molar-refractivity contribution >= 4 is 11.6 Å². The minimum Gasteiger partial charge on any atom is -0.211 e. The molecule has 1 heteroatoms. The maximum absolute atomic E-state index is 2.29. The summed E-state index contributed by atoms with van der Waals surface area (Å²) in [6, 6.07) is 10.6. The fraction of sp³-hybridized carbons (Fsp3) is 0.455. The van der Waals surface area contributed by atoms with E-state index in [0.717, 1.165) is 0 Å². The van der Waals surface area contributed by atoms with Crippen molar-refractivity contribution in [1.29, 1.82) is 0 Å². The lowest BCUT2D eigenvalue weighted by Gasteiger charge is -2.24. The van der Waals surface area contributed by atoms with Crippen molar-refractivity contribution < 1.29 is 0 Å². The molecular weight excluding hydrogens is 143 g/mol. The van der Waals surface area contributed by atoms with E-state index in [2.05, 4.69) is 50.8 Å². The molecule has 0 aliphatic rings. The van der Waals surface area contributed by atoms with E-state index in [9.17, 15) is 0 Å². The van der Waals surface area contributed by atoms with Gasteiger partial charge in [-0.3, -0.25) is 0 Å². The van der Waals surface area contributed by atoms with Crippen LogP contribution in [0, 0.1) is 0 Å². The van der Waals surface area contributed by atoms with Crippen molar-refractivity contribution in [3.05, 3.63) is 30.3 Å². The molecular formula is C11H20B-. The van der Waals surface area contributed by atoms with Crippen molar-refractivity contribution in [1.82, 2.24) is 0 Å². The van der Waals surface area contributed by atoms with E-state index < -0.39 is 0 Å². The molecule has 0 radical (unpaired) electrons. The fourth-order valence-electron chi connectivity index (χ4n) is 1.03. The van der Waals surface area contributed by atoms with Crippen molar-refractivity contribution in [2.24, 2.45) is 0 Å². The molecule has 12 heavy (non-hydrogen) atoms. The van der Waals surface area contributed by atoms with E-state index in [0.29, 0.717) is 0 Å². The van der Waals surface area contributed by atoms with Crippen LogP contribution in [0.3, 0.4) is 0 Å². The van der Waals surface area contributed by atoms with E-state index in [1.807, 2.05) is 13.8 Å². The second-order valence-corrected chi connectivity index (χ2v) is 4.01. The molecule has 0 heterocycles. The van der Waals surface area contributed by atoms with Crippen LogP contribution in [0.5, 0.6) is 0 Å².